The lowest BCUT2D eigenvalue weighted by Crippen LogP contribution is -2.09. The first-order chi connectivity index (χ1) is 13.3. The molecule has 0 unspecified atom stereocenters. The smallest absolute Gasteiger partial charge is 0.271 e. The van der Waals surface area contributed by atoms with Crippen LogP contribution < -0.4 is 4.74 Å². The number of rotatable bonds is 4. The highest BCUT2D eigenvalue weighted by Gasteiger charge is 2.31. The summed E-state index contributed by atoms with van der Waals surface area (Å²) in [6.45, 7) is 2.75. The molecule has 4 aromatic rings. The van der Waals surface area contributed by atoms with Crippen molar-refractivity contribution >= 4 is 21.4 Å². The molecule has 1 aromatic heterocycles. The van der Waals surface area contributed by atoms with Gasteiger partial charge in [0.2, 0.25) is 0 Å². The van der Waals surface area contributed by atoms with Gasteiger partial charge in [-0.15, -0.1) is 11.3 Å². The number of hydrogen-bond acceptors (Lipinski definition) is 2. The summed E-state index contributed by atoms with van der Waals surface area (Å²) in [5.41, 5.74) is 1.01. The van der Waals surface area contributed by atoms with Crippen LogP contribution in [0.25, 0.3) is 20.5 Å². The number of hydrogen-bond donors (Lipinski definition) is 0. The molecule has 3 aromatic carbocycles. The fourth-order valence-electron chi connectivity index (χ4n) is 3.10. The molecule has 0 fully saturated rings. The molecule has 0 saturated heterocycles. The molecule has 28 heavy (non-hydrogen) atoms. The lowest BCUT2D eigenvalue weighted by atomic mass is 10.00. The minimum Gasteiger partial charge on any atom is -0.455 e. The number of thiophene rings is 1. The molecule has 5 heteroatoms. The van der Waals surface area contributed by atoms with Gasteiger partial charge in [0.15, 0.2) is 5.75 Å². The average molecular weight is 398 g/mol. The fraction of sp³-hybridized carbons (Fsp3) is 0.130. The van der Waals surface area contributed by atoms with E-state index in [1.807, 2.05) is 55.5 Å². The molecule has 4 rings (SSSR count). The van der Waals surface area contributed by atoms with E-state index in [0.717, 1.165) is 28.6 Å². The molecule has 0 saturated carbocycles. The van der Waals surface area contributed by atoms with E-state index in [4.69, 9.17) is 4.74 Å². The van der Waals surface area contributed by atoms with E-state index < -0.39 is 11.7 Å². The summed E-state index contributed by atoms with van der Waals surface area (Å²) in [5.74, 6) is -2.76. The van der Waals surface area contributed by atoms with Crippen LogP contribution in [0.5, 0.6) is 11.5 Å². The second-order valence-electron chi connectivity index (χ2n) is 6.75. The van der Waals surface area contributed by atoms with Crippen molar-refractivity contribution in [2.75, 3.05) is 0 Å². The molecule has 0 aliphatic carbocycles. The molecule has 1 heterocycles. The van der Waals surface area contributed by atoms with Gasteiger partial charge in [0.25, 0.3) is 5.92 Å². The molecule has 0 atom stereocenters. The van der Waals surface area contributed by atoms with E-state index in [2.05, 4.69) is 0 Å². The first-order valence-corrected chi connectivity index (χ1v) is 9.59. The quantitative estimate of drug-likeness (QED) is 0.339. The second kappa shape index (κ2) is 6.99. The Bertz CT molecular complexity index is 1140. The van der Waals surface area contributed by atoms with Crippen LogP contribution in [0.3, 0.4) is 0 Å². The van der Waals surface area contributed by atoms with Gasteiger partial charge in [0.05, 0.1) is 4.88 Å². The number of benzene rings is 3. The normalized spacial score (nSPS) is 11.8. The van der Waals surface area contributed by atoms with Crippen molar-refractivity contribution in [1.29, 1.82) is 0 Å². The van der Waals surface area contributed by atoms with Crippen LogP contribution >= 0.6 is 11.3 Å². The van der Waals surface area contributed by atoms with Crippen LogP contribution in [0.4, 0.5) is 13.2 Å². The standard InChI is InChI=1S/C23H17F3OS/c1-14-7-10-16(11-8-14)27-21-18-5-3-4-6-20(18)28-22(21)17-12-9-15(24)13-19(17)23(2,25)26/h3-13H,1-2H3. The Hall–Kier alpha value is -2.79. The summed E-state index contributed by atoms with van der Waals surface area (Å²) in [6, 6.07) is 18.6. The van der Waals surface area contributed by atoms with E-state index >= 15 is 0 Å². The van der Waals surface area contributed by atoms with Gasteiger partial charge in [-0.2, -0.15) is 0 Å². The molecule has 0 spiro atoms. The molecule has 0 N–H and O–H groups in total. The topological polar surface area (TPSA) is 9.23 Å². The molecular formula is C23H17F3OS. The largest absolute Gasteiger partial charge is 0.455 e. The van der Waals surface area contributed by atoms with Crippen LogP contribution in [0.2, 0.25) is 0 Å². The van der Waals surface area contributed by atoms with Crippen LogP contribution in [0.1, 0.15) is 18.1 Å². The average Bonchev–Trinajstić information content (AvgIpc) is 3.01. The minimum atomic E-state index is -3.19. The zero-order valence-corrected chi connectivity index (χ0v) is 16.1. The molecule has 1 nitrogen and oxygen atoms in total. The molecule has 0 amide bonds. The van der Waals surface area contributed by atoms with Crippen molar-refractivity contribution < 1.29 is 17.9 Å². The van der Waals surface area contributed by atoms with Crippen molar-refractivity contribution in [3.05, 3.63) is 83.7 Å². The van der Waals surface area contributed by atoms with E-state index in [1.54, 1.807) is 0 Å². The van der Waals surface area contributed by atoms with E-state index in [0.29, 0.717) is 16.4 Å². The van der Waals surface area contributed by atoms with Crippen LogP contribution in [0.15, 0.2) is 66.7 Å². The summed E-state index contributed by atoms with van der Waals surface area (Å²) in [5, 5.41) is 0.831. The van der Waals surface area contributed by atoms with Crippen LogP contribution in [-0.2, 0) is 5.92 Å². The maximum absolute atomic E-state index is 14.2. The zero-order valence-electron chi connectivity index (χ0n) is 15.3. The van der Waals surface area contributed by atoms with Gasteiger partial charge in [0.1, 0.15) is 11.6 Å². The monoisotopic (exact) mass is 398 g/mol. The van der Waals surface area contributed by atoms with Crippen molar-refractivity contribution in [3.63, 3.8) is 0 Å². The summed E-state index contributed by atoms with van der Waals surface area (Å²) in [7, 11) is 0. The summed E-state index contributed by atoms with van der Waals surface area (Å²) >= 11 is 1.35. The molecular weight excluding hydrogens is 381 g/mol. The third kappa shape index (κ3) is 3.50. The van der Waals surface area contributed by atoms with Gasteiger partial charge in [-0.3, -0.25) is 0 Å². The summed E-state index contributed by atoms with van der Waals surface area (Å²) in [4.78, 5) is 0.554. The van der Waals surface area contributed by atoms with Crippen LogP contribution in [-0.4, -0.2) is 0 Å². The minimum absolute atomic E-state index is 0.275. The van der Waals surface area contributed by atoms with E-state index in [1.165, 1.54) is 23.5 Å². The van der Waals surface area contributed by atoms with Crippen molar-refractivity contribution in [1.82, 2.24) is 0 Å². The van der Waals surface area contributed by atoms with Crippen molar-refractivity contribution in [3.8, 4) is 21.9 Å². The first kappa shape index (κ1) is 18.6. The Morgan fingerprint density at radius 2 is 1.64 bits per heavy atom. The Balaban J connectivity index is 1.94. The van der Waals surface area contributed by atoms with Gasteiger partial charge in [0, 0.05) is 28.1 Å². The predicted octanol–water partition coefficient (Wildman–Crippen LogP) is 7.92. The predicted molar refractivity (Wildman–Crippen MR) is 108 cm³/mol. The Kier molecular flexibility index (Phi) is 4.63. The fourth-order valence-corrected chi connectivity index (χ4v) is 4.27. The third-order valence-electron chi connectivity index (χ3n) is 4.49. The van der Waals surface area contributed by atoms with Gasteiger partial charge in [-0.25, -0.2) is 13.2 Å². The lowest BCUT2D eigenvalue weighted by molar-refractivity contribution is 0.0178. The van der Waals surface area contributed by atoms with Gasteiger partial charge in [-0.1, -0.05) is 35.9 Å². The number of aryl methyl sites for hydroxylation is 1. The zero-order chi connectivity index (χ0) is 19.9. The van der Waals surface area contributed by atoms with Gasteiger partial charge >= 0.3 is 0 Å². The molecule has 0 radical (unpaired) electrons. The highest BCUT2D eigenvalue weighted by Crippen LogP contribution is 2.49. The maximum Gasteiger partial charge on any atom is 0.271 e. The second-order valence-corrected chi connectivity index (χ2v) is 7.80. The lowest BCUT2D eigenvalue weighted by Gasteiger charge is -2.16. The number of fused-ring (bicyclic) bond motifs is 1. The number of halogens is 3. The first-order valence-electron chi connectivity index (χ1n) is 8.77. The molecule has 0 aliphatic heterocycles. The maximum atomic E-state index is 14.2. The van der Waals surface area contributed by atoms with E-state index in [9.17, 15) is 13.2 Å². The van der Waals surface area contributed by atoms with E-state index in [-0.39, 0.29) is 11.1 Å². The highest BCUT2D eigenvalue weighted by molar-refractivity contribution is 7.22. The Morgan fingerprint density at radius 1 is 0.929 bits per heavy atom. The molecule has 142 valence electrons. The van der Waals surface area contributed by atoms with Crippen molar-refractivity contribution in [2.45, 2.75) is 19.8 Å². The van der Waals surface area contributed by atoms with Gasteiger partial charge < -0.3 is 4.74 Å². The Morgan fingerprint density at radius 3 is 2.36 bits per heavy atom. The molecule has 0 bridgehead atoms. The third-order valence-corrected chi connectivity index (χ3v) is 5.68. The number of alkyl halides is 2. The molecule has 0 aliphatic rings. The summed E-state index contributed by atoms with van der Waals surface area (Å²) < 4.78 is 49.2. The Labute approximate surface area is 165 Å². The number of ether oxygens (including phenoxy) is 1. The van der Waals surface area contributed by atoms with Gasteiger partial charge in [-0.05, 0) is 43.3 Å². The summed E-state index contributed by atoms with van der Waals surface area (Å²) in [6.07, 6.45) is 0. The van der Waals surface area contributed by atoms with Crippen molar-refractivity contribution in [2.24, 2.45) is 0 Å². The highest BCUT2D eigenvalue weighted by atomic mass is 32.1. The SMILES string of the molecule is Cc1ccc(Oc2c(-c3ccc(F)cc3C(C)(F)F)sc3ccccc23)cc1. The van der Waals surface area contributed by atoms with Crippen LogP contribution in [0, 0.1) is 12.7 Å².